The summed E-state index contributed by atoms with van der Waals surface area (Å²) in [7, 11) is 0. The van der Waals surface area contributed by atoms with Gasteiger partial charge in [-0.2, -0.15) is 0 Å². The zero-order valence-corrected chi connectivity index (χ0v) is 11.5. The molecular weight excluding hydrogens is 232 g/mol. The summed E-state index contributed by atoms with van der Waals surface area (Å²) in [6.45, 7) is 7.71. The van der Waals surface area contributed by atoms with Gasteiger partial charge in [0.05, 0.1) is 18.6 Å². The van der Waals surface area contributed by atoms with Crippen LogP contribution in [0.25, 0.3) is 0 Å². The second-order valence-corrected chi connectivity index (χ2v) is 5.06. The Kier molecular flexibility index (Phi) is 6.12. The zero-order chi connectivity index (χ0) is 13.5. The number of piperidine rings is 1. The van der Waals surface area contributed by atoms with Gasteiger partial charge in [-0.05, 0) is 19.3 Å². The van der Waals surface area contributed by atoms with E-state index < -0.39 is 0 Å². The molecule has 2 atom stereocenters. The van der Waals surface area contributed by atoms with Gasteiger partial charge in [0.15, 0.2) is 0 Å². The normalized spacial score (nSPS) is 21.6. The molecule has 2 unspecified atom stereocenters. The molecule has 1 heterocycles. The Labute approximate surface area is 109 Å². The van der Waals surface area contributed by atoms with Gasteiger partial charge in [0.2, 0.25) is 11.8 Å². The molecule has 1 rings (SSSR count). The zero-order valence-electron chi connectivity index (χ0n) is 11.5. The van der Waals surface area contributed by atoms with Crippen LogP contribution in [0.1, 0.15) is 33.6 Å². The fourth-order valence-electron chi connectivity index (χ4n) is 1.90. The molecule has 5 nitrogen and oxygen atoms in total. The molecule has 1 fully saturated rings. The molecule has 2 N–H and O–H groups in total. The lowest BCUT2D eigenvalue weighted by atomic mass is 9.97. The van der Waals surface area contributed by atoms with E-state index in [1.165, 1.54) is 0 Å². The highest BCUT2D eigenvalue weighted by Gasteiger charge is 2.26. The Hall–Kier alpha value is -1.10. The number of nitrogens with one attached hydrogen (secondary N) is 2. The van der Waals surface area contributed by atoms with Crippen LogP contribution in [-0.4, -0.2) is 37.6 Å². The molecule has 1 aliphatic heterocycles. The van der Waals surface area contributed by atoms with Crippen LogP contribution in [0.3, 0.4) is 0 Å². The number of hydrogen-bond acceptors (Lipinski definition) is 3. The number of hydrogen-bond donors (Lipinski definition) is 2. The molecule has 0 bridgehead atoms. The van der Waals surface area contributed by atoms with Crippen molar-refractivity contribution < 1.29 is 14.3 Å². The fraction of sp³-hybridized carbons (Fsp3) is 0.846. The monoisotopic (exact) mass is 256 g/mol. The van der Waals surface area contributed by atoms with E-state index in [9.17, 15) is 9.59 Å². The molecule has 1 saturated heterocycles. The van der Waals surface area contributed by atoms with E-state index in [2.05, 4.69) is 24.5 Å². The molecule has 104 valence electrons. The predicted molar refractivity (Wildman–Crippen MR) is 69.0 cm³/mol. The van der Waals surface area contributed by atoms with Crippen molar-refractivity contribution in [2.75, 3.05) is 19.8 Å². The maximum atomic E-state index is 12.1. The van der Waals surface area contributed by atoms with Crippen molar-refractivity contribution in [2.24, 2.45) is 11.8 Å². The first-order valence-corrected chi connectivity index (χ1v) is 6.69. The van der Waals surface area contributed by atoms with Crippen molar-refractivity contribution in [2.45, 2.75) is 39.7 Å². The van der Waals surface area contributed by atoms with Gasteiger partial charge in [0.1, 0.15) is 0 Å². The summed E-state index contributed by atoms with van der Waals surface area (Å²) in [6.07, 6.45) is 1.08. The minimum Gasteiger partial charge on any atom is -0.380 e. The molecule has 2 amide bonds. The lowest BCUT2D eigenvalue weighted by Gasteiger charge is -2.27. The van der Waals surface area contributed by atoms with Gasteiger partial charge in [-0.3, -0.25) is 9.59 Å². The Balaban J connectivity index is 2.42. The van der Waals surface area contributed by atoms with E-state index in [1.54, 1.807) is 0 Å². The second-order valence-electron chi connectivity index (χ2n) is 5.06. The van der Waals surface area contributed by atoms with Crippen molar-refractivity contribution in [1.82, 2.24) is 10.6 Å². The Morgan fingerprint density at radius 1 is 1.56 bits per heavy atom. The summed E-state index contributed by atoms with van der Waals surface area (Å²) < 4.78 is 5.38. The smallest absolute Gasteiger partial charge is 0.225 e. The third-order valence-corrected chi connectivity index (χ3v) is 3.27. The molecule has 0 aliphatic carbocycles. The first kappa shape index (κ1) is 15.0. The lowest BCUT2D eigenvalue weighted by Crippen LogP contribution is -2.48. The molecule has 1 aliphatic rings. The van der Waals surface area contributed by atoms with E-state index in [1.807, 2.05) is 6.92 Å². The molecule has 18 heavy (non-hydrogen) atoms. The number of ether oxygens (including phenoxy) is 1. The van der Waals surface area contributed by atoms with Gasteiger partial charge in [0, 0.05) is 19.6 Å². The second kappa shape index (κ2) is 7.36. The van der Waals surface area contributed by atoms with Crippen LogP contribution >= 0.6 is 0 Å². The summed E-state index contributed by atoms with van der Waals surface area (Å²) in [5, 5.41) is 5.75. The molecule has 0 radical (unpaired) electrons. The summed E-state index contributed by atoms with van der Waals surface area (Å²) in [6, 6.07) is 0.0371. The van der Waals surface area contributed by atoms with Gasteiger partial charge >= 0.3 is 0 Å². The first-order chi connectivity index (χ1) is 8.54. The highest BCUT2D eigenvalue weighted by atomic mass is 16.5. The Morgan fingerprint density at radius 2 is 2.28 bits per heavy atom. The van der Waals surface area contributed by atoms with E-state index >= 15 is 0 Å². The van der Waals surface area contributed by atoms with E-state index in [4.69, 9.17) is 4.74 Å². The maximum Gasteiger partial charge on any atom is 0.225 e. The van der Waals surface area contributed by atoms with Crippen LogP contribution in [0.2, 0.25) is 0 Å². The first-order valence-electron chi connectivity index (χ1n) is 6.69. The number of carbonyl (C=O) groups is 2. The van der Waals surface area contributed by atoms with Gasteiger partial charge in [0.25, 0.3) is 0 Å². The van der Waals surface area contributed by atoms with Crippen molar-refractivity contribution in [3.8, 4) is 0 Å². The quantitative estimate of drug-likeness (QED) is 0.734. The van der Waals surface area contributed by atoms with Crippen LogP contribution in [0.4, 0.5) is 0 Å². The average Bonchev–Trinajstić information content (AvgIpc) is 2.34. The van der Waals surface area contributed by atoms with Crippen LogP contribution in [0.5, 0.6) is 0 Å². The lowest BCUT2D eigenvalue weighted by molar-refractivity contribution is -0.130. The third kappa shape index (κ3) is 4.64. The van der Waals surface area contributed by atoms with Crippen molar-refractivity contribution in [3.63, 3.8) is 0 Å². The van der Waals surface area contributed by atoms with Crippen molar-refractivity contribution in [3.05, 3.63) is 0 Å². The van der Waals surface area contributed by atoms with Crippen molar-refractivity contribution in [1.29, 1.82) is 0 Å². The van der Waals surface area contributed by atoms with Gasteiger partial charge in [-0.1, -0.05) is 13.8 Å². The van der Waals surface area contributed by atoms with Crippen LogP contribution in [0.15, 0.2) is 0 Å². The van der Waals surface area contributed by atoms with Gasteiger partial charge in [-0.15, -0.1) is 0 Å². The fourth-order valence-corrected chi connectivity index (χ4v) is 1.90. The van der Waals surface area contributed by atoms with E-state index in [0.29, 0.717) is 38.5 Å². The summed E-state index contributed by atoms with van der Waals surface area (Å²) >= 11 is 0. The van der Waals surface area contributed by atoms with Crippen LogP contribution in [0, 0.1) is 11.8 Å². The molecule has 0 aromatic rings. The predicted octanol–water partition coefficient (Wildman–Crippen LogP) is 0.690. The maximum absolute atomic E-state index is 12.1. The molecule has 0 aromatic heterocycles. The van der Waals surface area contributed by atoms with Gasteiger partial charge < -0.3 is 15.4 Å². The van der Waals surface area contributed by atoms with E-state index in [0.717, 1.165) is 0 Å². The molecule has 0 saturated carbocycles. The number of amides is 2. The molecule has 0 aromatic carbocycles. The highest BCUT2D eigenvalue weighted by molar-refractivity contribution is 5.83. The third-order valence-electron chi connectivity index (χ3n) is 3.27. The minimum absolute atomic E-state index is 0.0217. The summed E-state index contributed by atoms with van der Waals surface area (Å²) in [5.74, 6) is 0.284. The average molecular weight is 256 g/mol. The Morgan fingerprint density at radius 3 is 2.78 bits per heavy atom. The summed E-state index contributed by atoms with van der Waals surface area (Å²) in [4.78, 5) is 23.1. The van der Waals surface area contributed by atoms with Crippen LogP contribution in [-0.2, 0) is 14.3 Å². The van der Waals surface area contributed by atoms with Gasteiger partial charge in [-0.25, -0.2) is 0 Å². The van der Waals surface area contributed by atoms with Crippen LogP contribution < -0.4 is 10.6 Å². The molecule has 0 spiro atoms. The summed E-state index contributed by atoms with van der Waals surface area (Å²) in [5.41, 5.74) is 0. The largest absolute Gasteiger partial charge is 0.380 e. The SMILES string of the molecule is CCOCC(NC(=O)C1CCC(=O)NC1)C(C)C. The molecule has 5 heteroatoms. The topological polar surface area (TPSA) is 67.4 Å². The molecular formula is C13H24N2O3. The number of rotatable bonds is 6. The van der Waals surface area contributed by atoms with Crippen molar-refractivity contribution >= 4 is 11.8 Å². The standard InChI is InChI=1S/C13H24N2O3/c1-4-18-8-11(9(2)3)15-13(17)10-5-6-12(16)14-7-10/h9-11H,4-8H2,1-3H3,(H,14,16)(H,15,17). The Bertz CT molecular complexity index is 282. The van der Waals surface area contributed by atoms with E-state index in [-0.39, 0.29) is 23.8 Å². The number of carbonyl (C=O) groups excluding carboxylic acids is 2. The highest BCUT2D eigenvalue weighted by Crippen LogP contribution is 2.12. The minimum atomic E-state index is -0.106.